The minimum atomic E-state index is 0.157. The van der Waals surface area contributed by atoms with Crippen molar-refractivity contribution in [3.05, 3.63) is 49.1 Å². The first-order valence-electron chi connectivity index (χ1n) is 6.53. The van der Waals surface area contributed by atoms with Gasteiger partial charge >= 0.3 is 0 Å². The van der Waals surface area contributed by atoms with Gasteiger partial charge in [-0.05, 0) is 19.8 Å². The van der Waals surface area contributed by atoms with Gasteiger partial charge in [0.1, 0.15) is 0 Å². The van der Waals surface area contributed by atoms with Crippen LogP contribution >= 0.6 is 0 Å². The second-order valence-corrected chi connectivity index (χ2v) is 4.01. The molecule has 0 aromatic rings. The van der Waals surface area contributed by atoms with E-state index in [-0.39, 0.29) is 6.10 Å². The lowest BCUT2D eigenvalue weighted by molar-refractivity contribution is 0.123. The summed E-state index contributed by atoms with van der Waals surface area (Å²) in [5, 5.41) is 0. The first-order chi connectivity index (χ1) is 8.31. The summed E-state index contributed by atoms with van der Waals surface area (Å²) in [7, 11) is 0. The first-order valence-corrected chi connectivity index (χ1v) is 6.53. The number of hydrogen-bond acceptors (Lipinski definition) is 1. The van der Waals surface area contributed by atoms with Crippen molar-refractivity contribution in [1.29, 1.82) is 0 Å². The van der Waals surface area contributed by atoms with Crippen LogP contribution in [0.1, 0.15) is 39.5 Å². The Morgan fingerprint density at radius 2 is 1.94 bits per heavy atom. The summed E-state index contributed by atoms with van der Waals surface area (Å²) in [5.74, 6) is 0. The van der Waals surface area contributed by atoms with Crippen LogP contribution in [0.3, 0.4) is 0 Å². The van der Waals surface area contributed by atoms with Crippen LogP contribution in [0.15, 0.2) is 49.1 Å². The highest BCUT2D eigenvalue weighted by Gasteiger charge is 1.91. The van der Waals surface area contributed by atoms with Gasteiger partial charge in [0, 0.05) is 0 Å². The molecule has 1 heteroatoms. The van der Waals surface area contributed by atoms with Crippen molar-refractivity contribution in [3.8, 4) is 0 Å². The van der Waals surface area contributed by atoms with Crippen LogP contribution in [0, 0.1) is 0 Å². The Morgan fingerprint density at radius 1 is 1.12 bits per heavy atom. The maximum atomic E-state index is 5.53. The molecule has 0 saturated carbocycles. The van der Waals surface area contributed by atoms with Crippen molar-refractivity contribution in [3.63, 3.8) is 0 Å². The highest BCUT2D eigenvalue weighted by atomic mass is 16.5. The molecule has 1 nitrogen and oxygen atoms in total. The maximum Gasteiger partial charge on any atom is 0.0734 e. The number of hydrogen-bond donors (Lipinski definition) is 0. The molecule has 0 saturated heterocycles. The van der Waals surface area contributed by atoms with Gasteiger partial charge in [0.15, 0.2) is 0 Å². The van der Waals surface area contributed by atoms with E-state index >= 15 is 0 Å². The van der Waals surface area contributed by atoms with E-state index in [0.29, 0.717) is 6.61 Å². The second-order valence-electron chi connectivity index (χ2n) is 4.01. The second kappa shape index (κ2) is 13.0. The summed E-state index contributed by atoms with van der Waals surface area (Å²) < 4.78 is 5.53. The van der Waals surface area contributed by atoms with Gasteiger partial charge in [-0.2, -0.15) is 0 Å². The van der Waals surface area contributed by atoms with Crippen molar-refractivity contribution in [1.82, 2.24) is 0 Å². The molecule has 0 spiro atoms. The largest absolute Gasteiger partial charge is 0.370 e. The molecular weight excluding hydrogens is 208 g/mol. The maximum absolute atomic E-state index is 5.53. The van der Waals surface area contributed by atoms with Crippen LogP contribution in [0.5, 0.6) is 0 Å². The fraction of sp³-hybridized carbons (Fsp3) is 0.500. The molecule has 17 heavy (non-hydrogen) atoms. The Labute approximate surface area is 107 Å². The van der Waals surface area contributed by atoms with Gasteiger partial charge in [-0.25, -0.2) is 0 Å². The highest BCUT2D eigenvalue weighted by molar-refractivity contribution is 5.04. The lowest BCUT2D eigenvalue weighted by Crippen LogP contribution is -2.03. The summed E-state index contributed by atoms with van der Waals surface area (Å²) >= 11 is 0. The molecular formula is C16H26O. The monoisotopic (exact) mass is 234 g/mol. The standard InChI is InChI=1S/C16H26O/c1-4-6-8-9-10-11-12-14-16(3)17-15-13-7-5-2/h5,7,10-14,16H,2,4,6,8-9,15H2,1,3H3/b11-10+,13-7+,14-12+. The zero-order valence-electron chi connectivity index (χ0n) is 11.3. The summed E-state index contributed by atoms with van der Waals surface area (Å²) in [4.78, 5) is 0. The molecule has 0 radical (unpaired) electrons. The van der Waals surface area contributed by atoms with Crippen LogP contribution in [0.2, 0.25) is 0 Å². The van der Waals surface area contributed by atoms with Gasteiger partial charge in [-0.3, -0.25) is 0 Å². The lowest BCUT2D eigenvalue weighted by atomic mass is 10.2. The summed E-state index contributed by atoms with van der Waals surface area (Å²) in [5.41, 5.74) is 0. The van der Waals surface area contributed by atoms with Gasteiger partial charge in [0.25, 0.3) is 0 Å². The third kappa shape index (κ3) is 12.9. The summed E-state index contributed by atoms with van der Waals surface area (Å²) in [6.45, 7) is 8.51. The van der Waals surface area contributed by atoms with Gasteiger partial charge in [0.05, 0.1) is 12.7 Å². The van der Waals surface area contributed by atoms with Crippen LogP contribution in [0.4, 0.5) is 0 Å². The number of ether oxygens (including phenoxy) is 1. The SMILES string of the molecule is C=C/C=C/COC(C)/C=C/C=C/CCCCC. The van der Waals surface area contributed by atoms with E-state index in [2.05, 4.69) is 37.8 Å². The number of allylic oxidation sites excluding steroid dienone is 5. The predicted octanol–water partition coefficient (Wildman–Crippen LogP) is 4.83. The normalized spacial score (nSPS) is 14.0. The first kappa shape index (κ1) is 15.9. The summed E-state index contributed by atoms with van der Waals surface area (Å²) in [6.07, 6.45) is 19.3. The molecule has 0 aliphatic heterocycles. The molecule has 0 aromatic heterocycles. The van der Waals surface area contributed by atoms with Gasteiger partial charge in [-0.1, -0.05) is 68.9 Å². The minimum absolute atomic E-state index is 0.157. The van der Waals surface area contributed by atoms with Crippen molar-refractivity contribution >= 4 is 0 Å². The zero-order valence-corrected chi connectivity index (χ0v) is 11.3. The number of unbranched alkanes of at least 4 members (excludes halogenated alkanes) is 3. The molecule has 1 atom stereocenters. The quantitative estimate of drug-likeness (QED) is 0.389. The van der Waals surface area contributed by atoms with Crippen LogP contribution in [-0.2, 0) is 4.74 Å². The van der Waals surface area contributed by atoms with Crippen LogP contribution < -0.4 is 0 Å². The average Bonchev–Trinajstić information content (AvgIpc) is 2.33. The van der Waals surface area contributed by atoms with E-state index in [9.17, 15) is 0 Å². The Bertz CT molecular complexity index is 248. The molecule has 0 amide bonds. The third-order valence-electron chi connectivity index (χ3n) is 2.33. The Hall–Kier alpha value is -1.08. The molecule has 1 unspecified atom stereocenters. The molecule has 0 heterocycles. The van der Waals surface area contributed by atoms with E-state index in [0.717, 1.165) is 0 Å². The van der Waals surface area contributed by atoms with E-state index in [1.807, 2.05) is 19.1 Å². The van der Waals surface area contributed by atoms with Crippen molar-refractivity contribution in [2.24, 2.45) is 0 Å². The Kier molecular flexibility index (Phi) is 12.2. The van der Waals surface area contributed by atoms with E-state index in [1.54, 1.807) is 6.08 Å². The Morgan fingerprint density at radius 3 is 2.65 bits per heavy atom. The van der Waals surface area contributed by atoms with Crippen molar-refractivity contribution in [2.45, 2.75) is 45.6 Å². The van der Waals surface area contributed by atoms with Crippen molar-refractivity contribution < 1.29 is 4.74 Å². The molecule has 0 aromatic carbocycles. The molecule has 0 aliphatic carbocycles. The van der Waals surface area contributed by atoms with Gasteiger partial charge in [0.2, 0.25) is 0 Å². The Balaban J connectivity index is 3.54. The fourth-order valence-corrected chi connectivity index (χ4v) is 1.32. The topological polar surface area (TPSA) is 9.23 Å². The molecule has 0 bridgehead atoms. The molecule has 96 valence electrons. The van der Waals surface area contributed by atoms with Crippen LogP contribution in [-0.4, -0.2) is 12.7 Å². The molecule has 0 fully saturated rings. The smallest absolute Gasteiger partial charge is 0.0734 e. The lowest BCUT2D eigenvalue weighted by Gasteiger charge is -2.04. The molecule has 0 N–H and O–H groups in total. The fourth-order valence-electron chi connectivity index (χ4n) is 1.32. The van der Waals surface area contributed by atoms with Crippen LogP contribution in [0.25, 0.3) is 0 Å². The van der Waals surface area contributed by atoms with E-state index in [4.69, 9.17) is 4.74 Å². The zero-order chi connectivity index (χ0) is 12.8. The molecule has 0 aliphatic rings. The van der Waals surface area contributed by atoms with E-state index in [1.165, 1.54) is 25.7 Å². The van der Waals surface area contributed by atoms with Gasteiger partial charge in [-0.15, -0.1) is 0 Å². The highest BCUT2D eigenvalue weighted by Crippen LogP contribution is 2.00. The van der Waals surface area contributed by atoms with Gasteiger partial charge < -0.3 is 4.74 Å². The third-order valence-corrected chi connectivity index (χ3v) is 2.33. The number of rotatable bonds is 10. The molecule has 0 rings (SSSR count). The minimum Gasteiger partial charge on any atom is -0.370 e. The summed E-state index contributed by atoms with van der Waals surface area (Å²) in [6, 6.07) is 0. The predicted molar refractivity (Wildman–Crippen MR) is 77.2 cm³/mol. The van der Waals surface area contributed by atoms with Crippen molar-refractivity contribution in [2.75, 3.05) is 6.61 Å². The van der Waals surface area contributed by atoms with E-state index < -0.39 is 0 Å². The average molecular weight is 234 g/mol.